The van der Waals surface area contributed by atoms with Crippen LogP contribution in [0.3, 0.4) is 0 Å². The summed E-state index contributed by atoms with van der Waals surface area (Å²) >= 11 is 0. The quantitative estimate of drug-likeness (QED) is 0.576. The second-order valence-corrected chi connectivity index (χ2v) is 3.68. The van der Waals surface area contributed by atoms with E-state index in [4.69, 9.17) is 10.5 Å². The third kappa shape index (κ3) is 1.56. The second kappa shape index (κ2) is 3.54. The van der Waals surface area contributed by atoms with Gasteiger partial charge in [0, 0.05) is 13.7 Å². The van der Waals surface area contributed by atoms with Gasteiger partial charge in [-0.2, -0.15) is 0 Å². The van der Waals surface area contributed by atoms with Crippen LogP contribution in [-0.2, 0) is 9.53 Å². The molecule has 6 nitrogen and oxygen atoms in total. The van der Waals surface area contributed by atoms with Crippen molar-refractivity contribution >= 4 is 11.9 Å². The Kier molecular flexibility index (Phi) is 2.36. The number of hydrogen-bond acceptors (Lipinski definition) is 3. The molecule has 3 amide bonds. The molecule has 0 saturated carbocycles. The number of primary amides is 1. The molecule has 15 heavy (non-hydrogen) atoms. The van der Waals surface area contributed by atoms with Gasteiger partial charge in [0.2, 0.25) is 5.91 Å². The van der Waals surface area contributed by atoms with E-state index in [-0.39, 0.29) is 12.1 Å². The van der Waals surface area contributed by atoms with Crippen LogP contribution in [0.2, 0.25) is 0 Å². The van der Waals surface area contributed by atoms with Gasteiger partial charge in [-0.25, -0.2) is 4.79 Å². The van der Waals surface area contributed by atoms with Gasteiger partial charge in [0.1, 0.15) is 6.04 Å². The lowest BCUT2D eigenvalue weighted by molar-refractivity contribution is -0.120. The second-order valence-electron chi connectivity index (χ2n) is 3.68. The SMILES string of the molecule is COCC1=C[C@@H](C(N)=O)N2C[C@@H]1NC2=O. The topological polar surface area (TPSA) is 84.7 Å². The Bertz CT molecular complexity index is 339. The number of methoxy groups -OCH3 is 1. The van der Waals surface area contributed by atoms with E-state index in [0.717, 1.165) is 5.57 Å². The Morgan fingerprint density at radius 3 is 3.13 bits per heavy atom. The first-order valence-electron chi connectivity index (χ1n) is 4.69. The van der Waals surface area contributed by atoms with Crippen molar-refractivity contribution < 1.29 is 14.3 Å². The Morgan fingerprint density at radius 2 is 2.53 bits per heavy atom. The van der Waals surface area contributed by atoms with Gasteiger partial charge in [0.05, 0.1) is 12.6 Å². The summed E-state index contributed by atoms with van der Waals surface area (Å²) in [6.45, 7) is 0.893. The van der Waals surface area contributed by atoms with Crippen molar-refractivity contribution in [3.8, 4) is 0 Å². The van der Waals surface area contributed by atoms with Crippen LogP contribution in [0.25, 0.3) is 0 Å². The Labute approximate surface area is 87.0 Å². The minimum absolute atomic E-state index is 0.0481. The van der Waals surface area contributed by atoms with E-state index < -0.39 is 11.9 Å². The third-order valence-corrected chi connectivity index (χ3v) is 2.70. The highest BCUT2D eigenvalue weighted by molar-refractivity contribution is 5.90. The van der Waals surface area contributed by atoms with Gasteiger partial charge in [0.25, 0.3) is 0 Å². The number of urea groups is 1. The average Bonchev–Trinajstić information content (AvgIpc) is 2.49. The number of ether oxygens (including phenoxy) is 1. The predicted octanol–water partition coefficient (Wildman–Crippen LogP) is -1.18. The lowest BCUT2D eigenvalue weighted by atomic mass is 10.0. The predicted molar refractivity (Wildman–Crippen MR) is 52.0 cm³/mol. The van der Waals surface area contributed by atoms with Gasteiger partial charge < -0.3 is 20.7 Å². The molecule has 0 aromatic rings. The van der Waals surface area contributed by atoms with E-state index in [0.29, 0.717) is 13.2 Å². The molecular formula is C9H13N3O3. The van der Waals surface area contributed by atoms with Crippen LogP contribution in [0, 0.1) is 0 Å². The maximum Gasteiger partial charge on any atom is 0.318 e. The monoisotopic (exact) mass is 211 g/mol. The molecule has 2 bridgehead atoms. The fourth-order valence-corrected chi connectivity index (χ4v) is 1.97. The summed E-state index contributed by atoms with van der Waals surface area (Å²) in [5.41, 5.74) is 6.13. The molecule has 0 aliphatic carbocycles. The highest BCUT2D eigenvalue weighted by atomic mass is 16.5. The summed E-state index contributed by atoms with van der Waals surface area (Å²) in [5, 5.41) is 2.77. The van der Waals surface area contributed by atoms with Crippen molar-refractivity contribution in [3.63, 3.8) is 0 Å². The number of nitrogens with one attached hydrogen (secondary N) is 1. The zero-order valence-corrected chi connectivity index (χ0v) is 8.40. The molecule has 1 saturated heterocycles. The summed E-state index contributed by atoms with van der Waals surface area (Å²) in [4.78, 5) is 24.0. The molecule has 0 aromatic carbocycles. The van der Waals surface area contributed by atoms with Crippen LogP contribution < -0.4 is 11.1 Å². The first-order chi connectivity index (χ1) is 7.13. The summed E-state index contributed by atoms with van der Waals surface area (Å²) in [6, 6.07) is -0.937. The molecule has 0 aromatic heterocycles. The fraction of sp³-hybridized carbons (Fsp3) is 0.556. The van der Waals surface area contributed by atoms with E-state index in [1.165, 1.54) is 4.90 Å². The number of carbonyl (C=O) groups is 2. The molecule has 1 fully saturated rings. The van der Waals surface area contributed by atoms with Crippen LogP contribution in [0.1, 0.15) is 0 Å². The number of nitrogens with zero attached hydrogens (tertiary/aromatic N) is 1. The molecule has 2 rings (SSSR count). The van der Waals surface area contributed by atoms with Crippen molar-refractivity contribution in [3.05, 3.63) is 11.6 Å². The maximum absolute atomic E-state index is 11.5. The minimum Gasteiger partial charge on any atom is -0.380 e. The zero-order valence-electron chi connectivity index (χ0n) is 8.40. The van der Waals surface area contributed by atoms with E-state index in [2.05, 4.69) is 5.32 Å². The highest BCUT2D eigenvalue weighted by Crippen LogP contribution is 2.22. The smallest absolute Gasteiger partial charge is 0.318 e. The lowest BCUT2D eigenvalue weighted by Gasteiger charge is -2.27. The number of fused-ring (bicyclic) bond motifs is 2. The molecule has 2 heterocycles. The average molecular weight is 211 g/mol. The number of amides is 3. The molecule has 2 aliphatic rings. The molecule has 2 aliphatic heterocycles. The highest BCUT2D eigenvalue weighted by Gasteiger charge is 2.41. The summed E-state index contributed by atoms with van der Waals surface area (Å²) < 4.78 is 5.00. The number of rotatable bonds is 3. The molecule has 2 atom stereocenters. The Morgan fingerprint density at radius 1 is 1.80 bits per heavy atom. The lowest BCUT2D eigenvalue weighted by Crippen LogP contribution is -2.47. The normalized spacial score (nSPS) is 28.7. The molecule has 3 N–H and O–H groups in total. The summed E-state index contributed by atoms with van der Waals surface area (Å²) in [7, 11) is 1.57. The molecule has 0 radical (unpaired) electrons. The molecule has 0 spiro atoms. The van der Waals surface area contributed by atoms with E-state index in [1.54, 1.807) is 13.2 Å². The van der Waals surface area contributed by atoms with Crippen LogP contribution in [0.5, 0.6) is 0 Å². The Balaban J connectivity index is 2.27. The van der Waals surface area contributed by atoms with E-state index >= 15 is 0 Å². The van der Waals surface area contributed by atoms with Crippen LogP contribution in [0.15, 0.2) is 11.6 Å². The summed E-state index contributed by atoms with van der Waals surface area (Å²) in [6.07, 6.45) is 1.71. The third-order valence-electron chi connectivity index (χ3n) is 2.70. The fourth-order valence-electron chi connectivity index (χ4n) is 1.97. The molecule has 6 heteroatoms. The van der Waals surface area contributed by atoms with Crippen molar-refractivity contribution in [1.29, 1.82) is 0 Å². The zero-order chi connectivity index (χ0) is 11.0. The van der Waals surface area contributed by atoms with Gasteiger partial charge in [-0.15, -0.1) is 0 Å². The Hall–Kier alpha value is -1.56. The van der Waals surface area contributed by atoms with Crippen molar-refractivity contribution in [2.45, 2.75) is 12.1 Å². The standard InChI is InChI=1S/C9H13N3O3/c1-15-4-5-2-7(8(10)13)12-3-6(5)11-9(12)14/h2,6-7H,3-4H2,1H3,(H2,10,13)(H,11,14)/t6-,7-/m0/s1. The van der Waals surface area contributed by atoms with Crippen molar-refractivity contribution in [2.75, 3.05) is 20.3 Å². The van der Waals surface area contributed by atoms with Gasteiger partial charge >= 0.3 is 6.03 Å². The van der Waals surface area contributed by atoms with Gasteiger partial charge in [-0.05, 0) is 11.6 Å². The summed E-state index contributed by atoms with van der Waals surface area (Å²) in [5.74, 6) is -0.515. The van der Waals surface area contributed by atoms with Crippen molar-refractivity contribution in [1.82, 2.24) is 10.2 Å². The molecule has 0 unspecified atom stereocenters. The maximum atomic E-state index is 11.5. The van der Waals surface area contributed by atoms with Crippen LogP contribution in [-0.4, -0.2) is 49.2 Å². The van der Waals surface area contributed by atoms with Gasteiger partial charge in [0.15, 0.2) is 0 Å². The van der Waals surface area contributed by atoms with Gasteiger partial charge in [-0.3, -0.25) is 4.79 Å². The van der Waals surface area contributed by atoms with Crippen molar-refractivity contribution in [2.24, 2.45) is 5.73 Å². The largest absolute Gasteiger partial charge is 0.380 e. The number of hydrogen-bond donors (Lipinski definition) is 2. The number of nitrogens with two attached hydrogens (primary N) is 1. The molecule has 82 valence electrons. The van der Waals surface area contributed by atoms with Crippen LogP contribution >= 0.6 is 0 Å². The minimum atomic E-state index is -0.645. The number of carbonyl (C=O) groups excluding carboxylic acids is 2. The first-order valence-corrected chi connectivity index (χ1v) is 4.69. The molecular weight excluding hydrogens is 198 g/mol. The van der Waals surface area contributed by atoms with Crippen LogP contribution in [0.4, 0.5) is 4.79 Å². The van der Waals surface area contributed by atoms with E-state index in [1.807, 2.05) is 0 Å². The first kappa shape index (κ1) is 9.97. The van der Waals surface area contributed by atoms with Gasteiger partial charge in [-0.1, -0.05) is 0 Å². The van der Waals surface area contributed by atoms with E-state index in [9.17, 15) is 9.59 Å².